The van der Waals surface area contributed by atoms with E-state index in [4.69, 9.17) is 4.42 Å². The van der Waals surface area contributed by atoms with Gasteiger partial charge < -0.3 is 4.42 Å². The normalized spacial score (nSPS) is 13.5. The van der Waals surface area contributed by atoms with Crippen LogP contribution in [-0.2, 0) is 5.41 Å². The van der Waals surface area contributed by atoms with Gasteiger partial charge in [-0.1, -0.05) is 170 Å². The number of rotatable bonds is 2. The number of benzene rings is 10. The molecule has 258 valence electrons. The van der Waals surface area contributed by atoms with Crippen LogP contribution >= 0.6 is 0 Å². The summed E-state index contributed by atoms with van der Waals surface area (Å²) in [6, 6.07) is 72.1. The molecule has 0 aliphatic heterocycles. The highest BCUT2D eigenvalue weighted by Crippen LogP contribution is 2.64. The molecular weight excluding hydrogens is 677 g/mol. The lowest BCUT2D eigenvalue weighted by molar-refractivity contribution is 0.673. The molecule has 0 saturated carbocycles. The molecule has 0 amide bonds. The van der Waals surface area contributed by atoms with Crippen molar-refractivity contribution >= 4 is 54.3 Å². The summed E-state index contributed by atoms with van der Waals surface area (Å²) in [7, 11) is 0. The standard InChI is InChI=1S/C55H32O/c1-2-13-35-31-36(24-23-33(35)11-1)38-17-9-19-44-41(38)29-30-49-52(44)45-27-26-37(32-50(45)55(49)47-20-7-5-15-42(47)43-16-6-8-21-48(43)55)39-18-10-22-51-53(39)46-28-25-34-12-3-4-14-40(34)54(46)56-51/h1-32H. The van der Waals surface area contributed by atoms with Gasteiger partial charge >= 0.3 is 0 Å². The van der Waals surface area contributed by atoms with Crippen molar-refractivity contribution in [3.05, 3.63) is 216 Å². The lowest BCUT2D eigenvalue weighted by Crippen LogP contribution is -2.25. The predicted molar refractivity (Wildman–Crippen MR) is 233 cm³/mol. The van der Waals surface area contributed by atoms with Gasteiger partial charge in [0.15, 0.2) is 0 Å². The Bertz CT molecular complexity index is 3440. The van der Waals surface area contributed by atoms with Crippen LogP contribution in [0, 0.1) is 0 Å². The van der Waals surface area contributed by atoms with Crippen LogP contribution in [-0.4, -0.2) is 0 Å². The number of fused-ring (bicyclic) bond motifs is 18. The van der Waals surface area contributed by atoms with Gasteiger partial charge in [-0.25, -0.2) is 0 Å². The monoisotopic (exact) mass is 708 g/mol. The fourth-order valence-electron chi connectivity index (χ4n) is 10.6. The zero-order valence-electron chi connectivity index (χ0n) is 30.4. The van der Waals surface area contributed by atoms with Crippen LogP contribution in [0.5, 0.6) is 0 Å². The largest absolute Gasteiger partial charge is 0.455 e. The van der Waals surface area contributed by atoms with Gasteiger partial charge in [0.05, 0.1) is 5.41 Å². The first-order valence-electron chi connectivity index (χ1n) is 19.5. The lowest BCUT2D eigenvalue weighted by Gasteiger charge is -2.31. The van der Waals surface area contributed by atoms with E-state index in [1.54, 1.807) is 0 Å². The zero-order valence-corrected chi connectivity index (χ0v) is 30.4. The van der Waals surface area contributed by atoms with Crippen molar-refractivity contribution in [2.45, 2.75) is 5.41 Å². The molecule has 0 N–H and O–H groups in total. The molecule has 1 heteroatoms. The van der Waals surface area contributed by atoms with Crippen molar-refractivity contribution in [2.24, 2.45) is 0 Å². The van der Waals surface area contributed by atoms with E-state index in [9.17, 15) is 0 Å². The molecule has 10 aromatic carbocycles. The van der Waals surface area contributed by atoms with Gasteiger partial charge in [0, 0.05) is 16.2 Å². The second kappa shape index (κ2) is 10.9. The molecule has 1 aromatic heterocycles. The summed E-state index contributed by atoms with van der Waals surface area (Å²) in [4.78, 5) is 0. The first-order valence-corrected chi connectivity index (χ1v) is 19.5. The van der Waals surface area contributed by atoms with E-state index >= 15 is 0 Å². The van der Waals surface area contributed by atoms with Gasteiger partial charge in [0.25, 0.3) is 0 Å². The van der Waals surface area contributed by atoms with Gasteiger partial charge in [-0.15, -0.1) is 0 Å². The average molecular weight is 709 g/mol. The van der Waals surface area contributed by atoms with Crippen molar-refractivity contribution in [2.75, 3.05) is 0 Å². The first-order chi connectivity index (χ1) is 27.8. The summed E-state index contributed by atoms with van der Waals surface area (Å²) in [5.41, 5.74) is 16.9. The Balaban J connectivity index is 1.12. The zero-order chi connectivity index (χ0) is 36.5. The third-order valence-electron chi connectivity index (χ3n) is 12.9. The topological polar surface area (TPSA) is 13.1 Å². The Morgan fingerprint density at radius 1 is 0.321 bits per heavy atom. The summed E-state index contributed by atoms with van der Waals surface area (Å²) in [6.07, 6.45) is 0. The molecule has 0 radical (unpaired) electrons. The third kappa shape index (κ3) is 3.79. The Labute approximate surface area is 323 Å². The minimum Gasteiger partial charge on any atom is -0.455 e. The maximum absolute atomic E-state index is 6.68. The van der Waals surface area contributed by atoms with Crippen LogP contribution in [0.4, 0.5) is 0 Å². The van der Waals surface area contributed by atoms with Gasteiger partial charge in [0.1, 0.15) is 11.2 Å². The fourth-order valence-corrected chi connectivity index (χ4v) is 10.6. The van der Waals surface area contributed by atoms with E-state index in [2.05, 4.69) is 194 Å². The summed E-state index contributed by atoms with van der Waals surface area (Å²) >= 11 is 0. The van der Waals surface area contributed by atoms with E-state index < -0.39 is 5.41 Å². The highest BCUT2D eigenvalue weighted by Gasteiger charge is 2.52. The molecule has 0 fully saturated rings. The molecule has 0 unspecified atom stereocenters. The van der Waals surface area contributed by atoms with E-state index in [1.165, 1.54) is 93.7 Å². The minimum atomic E-state index is -0.469. The first kappa shape index (κ1) is 30.1. The molecule has 2 aliphatic carbocycles. The van der Waals surface area contributed by atoms with Crippen LogP contribution in [0.15, 0.2) is 199 Å². The highest BCUT2D eigenvalue weighted by atomic mass is 16.3. The smallest absolute Gasteiger partial charge is 0.143 e. The van der Waals surface area contributed by atoms with Crippen molar-refractivity contribution < 1.29 is 4.42 Å². The molecule has 11 aromatic rings. The molecule has 2 aliphatic rings. The second-order valence-corrected chi connectivity index (χ2v) is 15.5. The number of hydrogen-bond acceptors (Lipinski definition) is 1. The fraction of sp³-hybridized carbons (Fsp3) is 0.0182. The SMILES string of the molecule is c1ccc2c(c1)-c1ccccc1C21c2cc(-c3cccc4oc5c6ccccc6ccc5c34)ccc2-c2c1ccc1c(-c3ccc4ccccc4c3)cccc21. The van der Waals surface area contributed by atoms with Crippen molar-refractivity contribution in [1.82, 2.24) is 0 Å². The van der Waals surface area contributed by atoms with E-state index in [0.717, 1.165) is 27.3 Å². The van der Waals surface area contributed by atoms with Gasteiger partial charge in [-0.3, -0.25) is 0 Å². The average Bonchev–Trinajstić information content (AvgIpc) is 3.90. The van der Waals surface area contributed by atoms with Crippen LogP contribution in [0.25, 0.3) is 98.8 Å². The molecule has 1 spiro atoms. The Morgan fingerprint density at radius 2 is 0.946 bits per heavy atom. The van der Waals surface area contributed by atoms with Crippen LogP contribution in [0.2, 0.25) is 0 Å². The third-order valence-corrected chi connectivity index (χ3v) is 12.9. The van der Waals surface area contributed by atoms with Gasteiger partial charge in [-0.05, 0) is 118 Å². The molecule has 0 saturated heterocycles. The van der Waals surface area contributed by atoms with Crippen molar-refractivity contribution in [3.63, 3.8) is 0 Å². The summed E-state index contributed by atoms with van der Waals surface area (Å²) in [6.45, 7) is 0. The van der Waals surface area contributed by atoms with Crippen LogP contribution in [0.1, 0.15) is 22.3 Å². The van der Waals surface area contributed by atoms with Crippen molar-refractivity contribution in [3.8, 4) is 44.5 Å². The maximum atomic E-state index is 6.68. The highest BCUT2D eigenvalue weighted by molar-refractivity contribution is 6.19. The second-order valence-electron chi connectivity index (χ2n) is 15.5. The molecule has 0 bridgehead atoms. The predicted octanol–water partition coefficient (Wildman–Crippen LogP) is 14.7. The summed E-state index contributed by atoms with van der Waals surface area (Å²) < 4.78 is 6.68. The van der Waals surface area contributed by atoms with E-state index in [1.807, 2.05) is 0 Å². The molecule has 1 nitrogen and oxygen atoms in total. The van der Waals surface area contributed by atoms with Crippen LogP contribution in [0.3, 0.4) is 0 Å². The minimum absolute atomic E-state index is 0.469. The molecule has 1 heterocycles. The van der Waals surface area contributed by atoms with Crippen LogP contribution < -0.4 is 0 Å². The van der Waals surface area contributed by atoms with E-state index in [0.29, 0.717) is 0 Å². The molecule has 13 rings (SSSR count). The Morgan fingerprint density at radius 3 is 1.80 bits per heavy atom. The number of furan rings is 1. The van der Waals surface area contributed by atoms with E-state index in [-0.39, 0.29) is 0 Å². The quantitative estimate of drug-likeness (QED) is 0.174. The molecular formula is C55H32O. The summed E-state index contributed by atoms with van der Waals surface area (Å²) in [5, 5.41) is 9.72. The lowest BCUT2D eigenvalue weighted by atomic mass is 9.70. The molecule has 0 atom stereocenters. The Kier molecular flexibility index (Phi) is 5.89. The number of hydrogen-bond donors (Lipinski definition) is 0. The van der Waals surface area contributed by atoms with Gasteiger partial charge in [0.2, 0.25) is 0 Å². The summed E-state index contributed by atoms with van der Waals surface area (Å²) in [5.74, 6) is 0. The van der Waals surface area contributed by atoms with Gasteiger partial charge in [-0.2, -0.15) is 0 Å². The molecule has 56 heavy (non-hydrogen) atoms. The Hall–Kier alpha value is -7.22. The maximum Gasteiger partial charge on any atom is 0.143 e. The van der Waals surface area contributed by atoms with Crippen molar-refractivity contribution in [1.29, 1.82) is 0 Å².